The molecule has 0 aliphatic heterocycles. The number of amides is 1. The number of carbonyl (C=O) groups excluding carboxylic acids is 1. The van der Waals surface area contributed by atoms with Crippen LogP contribution in [0.4, 0.5) is 5.69 Å². The second-order valence-corrected chi connectivity index (χ2v) is 6.77. The van der Waals surface area contributed by atoms with Crippen LogP contribution in [0.15, 0.2) is 48.7 Å². The highest BCUT2D eigenvalue weighted by atomic mass is 16.5. The molecule has 1 aromatic heterocycles. The number of ether oxygens (including phenoxy) is 1. The summed E-state index contributed by atoms with van der Waals surface area (Å²) in [5.74, 6) is 0.309. The van der Waals surface area contributed by atoms with Gasteiger partial charge < -0.3 is 15.3 Å². The Kier molecular flexibility index (Phi) is 5.66. The zero-order valence-corrected chi connectivity index (χ0v) is 14.5. The number of anilines is 1. The number of benzene rings is 1. The van der Waals surface area contributed by atoms with E-state index in [1.807, 2.05) is 24.3 Å². The van der Waals surface area contributed by atoms with E-state index < -0.39 is 5.91 Å². The summed E-state index contributed by atoms with van der Waals surface area (Å²) in [5.41, 5.74) is 1.74. The standard InChI is InChI=1S/C20H24N2O3/c1-15-6-4-9-18(12-15)25-14-16-7-5-8-17(13-16)21-20(23)19-10-2-3-11-22(19)24/h2-3,5,7-8,10-11,13,15,18H,4,6,9,12,14H2,1H3,(H,21,23)/t15-,18-/m0/s1. The normalized spacial score (nSPS) is 20.2. The first kappa shape index (κ1) is 17.4. The van der Waals surface area contributed by atoms with Gasteiger partial charge in [-0.3, -0.25) is 4.79 Å². The third kappa shape index (κ3) is 4.79. The number of rotatable bonds is 5. The van der Waals surface area contributed by atoms with Gasteiger partial charge >= 0.3 is 5.91 Å². The van der Waals surface area contributed by atoms with Crippen LogP contribution in [-0.4, -0.2) is 12.0 Å². The van der Waals surface area contributed by atoms with Gasteiger partial charge in [0.2, 0.25) is 0 Å². The summed E-state index contributed by atoms with van der Waals surface area (Å²) in [7, 11) is 0. The van der Waals surface area contributed by atoms with Crippen LogP contribution in [0.2, 0.25) is 0 Å². The quantitative estimate of drug-likeness (QED) is 0.667. The van der Waals surface area contributed by atoms with E-state index in [0.29, 0.717) is 23.1 Å². The van der Waals surface area contributed by atoms with Crippen LogP contribution in [-0.2, 0) is 11.3 Å². The van der Waals surface area contributed by atoms with Gasteiger partial charge in [0.05, 0.1) is 12.7 Å². The summed E-state index contributed by atoms with van der Waals surface area (Å²) in [4.78, 5) is 12.2. The molecular formula is C20H24N2O3. The van der Waals surface area contributed by atoms with Crippen molar-refractivity contribution >= 4 is 11.6 Å². The first-order chi connectivity index (χ1) is 12.1. The number of nitrogens with one attached hydrogen (secondary N) is 1. The summed E-state index contributed by atoms with van der Waals surface area (Å²) in [6.07, 6.45) is 6.40. The van der Waals surface area contributed by atoms with E-state index >= 15 is 0 Å². The Balaban J connectivity index is 1.59. The molecular weight excluding hydrogens is 316 g/mol. The maximum Gasteiger partial charge on any atom is 0.321 e. The van der Waals surface area contributed by atoms with Gasteiger partial charge in [-0.25, -0.2) is 0 Å². The highest BCUT2D eigenvalue weighted by Gasteiger charge is 2.19. The average molecular weight is 340 g/mol. The Bertz CT molecular complexity index is 732. The Morgan fingerprint density at radius 2 is 2.16 bits per heavy atom. The molecule has 1 N–H and O–H groups in total. The molecule has 1 aliphatic rings. The molecule has 1 fully saturated rings. The average Bonchev–Trinajstić information content (AvgIpc) is 2.61. The lowest BCUT2D eigenvalue weighted by molar-refractivity contribution is -0.607. The van der Waals surface area contributed by atoms with Gasteiger partial charge in [-0.2, -0.15) is 4.73 Å². The fourth-order valence-electron chi connectivity index (χ4n) is 3.28. The number of carbonyl (C=O) groups is 1. The molecule has 132 valence electrons. The fourth-order valence-corrected chi connectivity index (χ4v) is 3.28. The number of nitrogens with zero attached hydrogens (tertiary/aromatic N) is 1. The SMILES string of the molecule is C[C@H]1CCC[C@H](OCc2cccc(NC(=O)c3cccc[n+]3[O-])c2)C1. The lowest BCUT2D eigenvalue weighted by Gasteiger charge is -2.26. The second kappa shape index (κ2) is 8.12. The largest absolute Gasteiger partial charge is 0.618 e. The Morgan fingerprint density at radius 1 is 1.28 bits per heavy atom. The first-order valence-corrected chi connectivity index (χ1v) is 8.82. The van der Waals surface area contributed by atoms with Crippen LogP contribution in [0, 0.1) is 11.1 Å². The van der Waals surface area contributed by atoms with Crippen LogP contribution in [0.1, 0.15) is 48.7 Å². The van der Waals surface area contributed by atoms with Gasteiger partial charge in [-0.05, 0) is 42.5 Å². The van der Waals surface area contributed by atoms with Crippen molar-refractivity contribution < 1.29 is 14.3 Å². The Labute approximate surface area is 148 Å². The molecule has 0 radical (unpaired) electrons. The molecule has 0 spiro atoms. The summed E-state index contributed by atoms with van der Waals surface area (Å²) in [6.45, 7) is 2.81. The third-order valence-electron chi connectivity index (χ3n) is 4.62. The Hall–Kier alpha value is -2.40. The van der Waals surface area contributed by atoms with Crippen LogP contribution in [0.25, 0.3) is 0 Å². The zero-order valence-electron chi connectivity index (χ0n) is 14.5. The molecule has 2 atom stereocenters. The monoisotopic (exact) mass is 340 g/mol. The van der Waals surface area contributed by atoms with Crippen LogP contribution >= 0.6 is 0 Å². The molecule has 5 nitrogen and oxygen atoms in total. The summed E-state index contributed by atoms with van der Waals surface area (Å²) >= 11 is 0. The van der Waals surface area contributed by atoms with Crippen molar-refractivity contribution in [2.75, 3.05) is 5.32 Å². The molecule has 1 aromatic carbocycles. The van der Waals surface area contributed by atoms with Gasteiger partial charge in [0.1, 0.15) is 0 Å². The molecule has 3 rings (SSSR count). The van der Waals surface area contributed by atoms with E-state index in [2.05, 4.69) is 12.2 Å². The zero-order chi connectivity index (χ0) is 17.6. The van der Waals surface area contributed by atoms with Gasteiger partial charge in [0.25, 0.3) is 5.69 Å². The molecule has 1 aliphatic carbocycles. The molecule has 1 amide bonds. The molecule has 0 saturated heterocycles. The van der Waals surface area contributed by atoms with E-state index in [1.165, 1.54) is 25.1 Å². The van der Waals surface area contributed by atoms with Crippen molar-refractivity contribution in [2.24, 2.45) is 5.92 Å². The van der Waals surface area contributed by atoms with E-state index in [4.69, 9.17) is 4.74 Å². The highest BCUT2D eigenvalue weighted by Crippen LogP contribution is 2.26. The molecule has 25 heavy (non-hydrogen) atoms. The van der Waals surface area contributed by atoms with Crippen molar-refractivity contribution in [3.8, 4) is 0 Å². The molecule has 1 heterocycles. The van der Waals surface area contributed by atoms with Crippen molar-refractivity contribution in [2.45, 2.75) is 45.3 Å². The van der Waals surface area contributed by atoms with E-state index in [1.54, 1.807) is 12.1 Å². The van der Waals surface area contributed by atoms with Crippen molar-refractivity contribution in [3.05, 3.63) is 65.1 Å². The Morgan fingerprint density at radius 3 is 2.96 bits per heavy atom. The lowest BCUT2D eigenvalue weighted by atomic mass is 9.89. The lowest BCUT2D eigenvalue weighted by Crippen LogP contribution is -2.36. The summed E-state index contributed by atoms with van der Waals surface area (Å²) in [5, 5.41) is 14.4. The number of aromatic nitrogens is 1. The van der Waals surface area contributed by atoms with Crippen molar-refractivity contribution in [3.63, 3.8) is 0 Å². The minimum atomic E-state index is -0.422. The summed E-state index contributed by atoms with van der Waals surface area (Å²) in [6, 6.07) is 12.3. The fraction of sp³-hybridized carbons (Fsp3) is 0.400. The highest BCUT2D eigenvalue weighted by molar-refractivity contribution is 6.01. The van der Waals surface area contributed by atoms with Crippen molar-refractivity contribution in [1.82, 2.24) is 0 Å². The predicted molar refractivity (Wildman–Crippen MR) is 96.0 cm³/mol. The van der Waals surface area contributed by atoms with Crippen LogP contribution in [0.5, 0.6) is 0 Å². The number of hydrogen-bond donors (Lipinski definition) is 1. The molecule has 2 aromatic rings. The topological polar surface area (TPSA) is 65.3 Å². The molecule has 5 heteroatoms. The summed E-state index contributed by atoms with van der Waals surface area (Å²) < 4.78 is 6.60. The van der Waals surface area contributed by atoms with Gasteiger partial charge in [0, 0.05) is 17.8 Å². The number of pyridine rings is 1. The van der Waals surface area contributed by atoms with Crippen LogP contribution in [0.3, 0.4) is 0 Å². The smallest absolute Gasteiger partial charge is 0.321 e. The maximum absolute atomic E-state index is 12.2. The molecule has 0 unspecified atom stereocenters. The van der Waals surface area contributed by atoms with Gasteiger partial charge in [0.15, 0.2) is 6.20 Å². The maximum atomic E-state index is 12.2. The predicted octanol–water partition coefficient (Wildman–Crippen LogP) is 3.67. The van der Waals surface area contributed by atoms with Gasteiger partial charge in [-0.15, -0.1) is 0 Å². The molecule has 0 bridgehead atoms. The van der Waals surface area contributed by atoms with Crippen molar-refractivity contribution in [1.29, 1.82) is 0 Å². The minimum absolute atomic E-state index is 0.0698. The number of hydrogen-bond acceptors (Lipinski definition) is 3. The second-order valence-electron chi connectivity index (χ2n) is 6.77. The minimum Gasteiger partial charge on any atom is -0.618 e. The first-order valence-electron chi connectivity index (χ1n) is 8.82. The van der Waals surface area contributed by atoms with E-state index in [0.717, 1.165) is 24.3 Å². The third-order valence-corrected chi connectivity index (χ3v) is 4.62. The van der Waals surface area contributed by atoms with E-state index in [-0.39, 0.29) is 5.69 Å². The van der Waals surface area contributed by atoms with E-state index in [9.17, 15) is 10.0 Å². The molecule has 1 saturated carbocycles. The van der Waals surface area contributed by atoms with Crippen LogP contribution < -0.4 is 10.0 Å². The van der Waals surface area contributed by atoms with Gasteiger partial charge in [-0.1, -0.05) is 31.9 Å².